The van der Waals surface area contributed by atoms with Crippen molar-refractivity contribution >= 4 is 29.7 Å². The van der Waals surface area contributed by atoms with E-state index < -0.39 is 11.5 Å². The number of aliphatic imine (C=N–C) groups is 1. The minimum atomic E-state index is -0.687. The number of allylic oxidation sites excluding steroid dienone is 1. The van der Waals surface area contributed by atoms with Crippen LogP contribution in [0.2, 0.25) is 0 Å². The van der Waals surface area contributed by atoms with Crippen LogP contribution < -0.4 is 20.3 Å². The molecule has 0 bridgehead atoms. The normalized spacial score (nSPS) is 23.6. The summed E-state index contributed by atoms with van der Waals surface area (Å²) >= 11 is 0. The summed E-state index contributed by atoms with van der Waals surface area (Å²) < 4.78 is 11.6. The van der Waals surface area contributed by atoms with E-state index in [1.54, 1.807) is 18.5 Å². The third-order valence-electron chi connectivity index (χ3n) is 5.63. The topological polar surface area (TPSA) is 119 Å². The first kappa shape index (κ1) is 21.1. The lowest BCUT2D eigenvalue weighted by Gasteiger charge is -2.32. The van der Waals surface area contributed by atoms with Crippen molar-refractivity contribution in [2.24, 2.45) is 4.99 Å². The minimum absolute atomic E-state index is 0.100. The fourth-order valence-corrected chi connectivity index (χ4v) is 4.10. The molecule has 0 unspecified atom stereocenters. The fraction of sp³-hybridized carbons (Fsp3) is 0.409. The van der Waals surface area contributed by atoms with Crippen molar-refractivity contribution in [1.82, 2.24) is 5.32 Å². The van der Waals surface area contributed by atoms with E-state index in [0.717, 1.165) is 28.8 Å². The molecule has 9 heteroatoms. The first-order valence-corrected chi connectivity index (χ1v) is 10.3. The van der Waals surface area contributed by atoms with Gasteiger partial charge >= 0.3 is 0 Å². The molecule has 31 heavy (non-hydrogen) atoms. The van der Waals surface area contributed by atoms with Gasteiger partial charge in [-0.15, -0.1) is 0 Å². The lowest BCUT2D eigenvalue weighted by Crippen LogP contribution is -2.37. The molecule has 4 rings (SSSR count). The highest BCUT2D eigenvalue weighted by atomic mass is 16.5. The molecule has 9 nitrogen and oxygen atoms in total. The number of nitrogens with one attached hydrogen (secondary N) is 3. The summed E-state index contributed by atoms with van der Waals surface area (Å²) in [6.07, 6.45) is 6.47. The van der Waals surface area contributed by atoms with Crippen molar-refractivity contribution in [3.63, 3.8) is 0 Å². The van der Waals surface area contributed by atoms with E-state index in [4.69, 9.17) is 14.9 Å². The van der Waals surface area contributed by atoms with Crippen molar-refractivity contribution in [3.05, 3.63) is 40.9 Å². The Bertz CT molecular complexity index is 994. The van der Waals surface area contributed by atoms with E-state index in [1.807, 2.05) is 19.9 Å². The molecular weight excluding hydrogens is 398 g/mol. The molecule has 4 N–H and O–H groups in total. The van der Waals surface area contributed by atoms with Crippen LogP contribution in [0.3, 0.4) is 0 Å². The summed E-state index contributed by atoms with van der Waals surface area (Å²) in [5.74, 6) is 0.644. The number of aliphatic hydroxyl groups excluding tert-OH is 1. The number of anilines is 2. The number of fused-ring (bicyclic) bond motifs is 1. The molecule has 3 aliphatic rings. The smallest absolute Gasteiger partial charge is 0.261 e. The largest absolute Gasteiger partial charge is 0.484 e. The molecule has 1 aromatic carbocycles. The number of rotatable bonds is 5. The monoisotopic (exact) mass is 425 g/mol. The summed E-state index contributed by atoms with van der Waals surface area (Å²) in [5, 5.41) is 23.4. The molecule has 0 aromatic heterocycles. The van der Waals surface area contributed by atoms with Crippen molar-refractivity contribution in [1.29, 1.82) is 5.41 Å². The van der Waals surface area contributed by atoms with Crippen molar-refractivity contribution in [2.75, 3.05) is 43.1 Å². The molecule has 1 amide bonds. The Kier molecular flexibility index (Phi) is 5.79. The van der Waals surface area contributed by atoms with Gasteiger partial charge in [0.05, 0.1) is 36.8 Å². The van der Waals surface area contributed by atoms with Crippen LogP contribution >= 0.6 is 0 Å². The Morgan fingerprint density at radius 3 is 2.87 bits per heavy atom. The Morgan fingerprint density at radius 1 is 1.45 bits per heavy atom. The molecule has 0 saturated carbocycles. The number of aliphatic hydroxyl groups is 1. The van der Waals surface area contributed by atoms with E-state index in [-0.39, 0.29) is 12.2 Å². The van der Waals surface area contributed by atoms with Gasteiger partial charge in [0.15, 0.2) is 0 Å². The van der Waals surface area contributed by atoms with Crippen LogP contribution in [0.5, 0.6) is 5.75 Å². The van der Waals surface area contributed by atoms with Crippen molar-refractivity contribution < 1.29 is 19.4 Å². The highest BCUT2D eigenvalue weighted by Gasteiger charge is 2.37. The van der Waals surface area contributed by atoms with Crippen LogP contribution in [-0.2, 0) is 16.0 Å². The van der Waals surface area contributed by atoms with E-state index in [2.05, 4.69) is 20.5 Å². The maximum atomic E-state index is 13.1. The summed E-state index contributed by atoms with van der Waals surface area (Å²) in [5.41, 5.74) is 2.79. The molecule has 3 aliphatic heterocycles. The molecular formula is C22H27N5O4. The molecule has 1 aromatic rings. The SMILES string of the molecule is Cc1c2c(cc(NC(=O)/C(C=N)=C3\N=CC=CN3)c1N1CCOCC1)C[C@@](C)(CO)O2. The molecule has 1 fully saturated rings. The summed E-state index contributed by atoms with van der Waals surface area (Å²) in [4.78, 5) is 19.4. The lowest BCUT2D eigenvalue weighted by atomic mass is 9.97. The Balaban J connectivity index is 1.74. The third kappa shape index (κ3) is 4.06. The standard InChI is InChI=1S/C22H27N5O4/c1-14-18(27-6-8-30-9-7-27)17(10-15-11-22(2,13-28)31-19(14)15)26-21(29)16(12-23)20-24-4-3-5-25-20/h3-5,10,12,23-24,28H,6-9,11,13H2,1-2H3,(H,26,29)/b20-16-,23-12?/t22-/m0/s1. The first-order chi connectivity index (χ1) is 15.0. The third-order valence-corrected chi connectivity index (χ3v) is 5.63. The van der Waals surface area contributed by atoms with Crippen LogP contribution in [-0.4, -0.2) is 62.0 Å². The second-order valence-corrected chi connectivity index (χ2v) is 8.01. The van der Waals surface area contributed by atoms with E-state index >= 15 is 0 Å². The average Bonchev–Trinajstić information content (AvgIpc) is 3.13. The molecule has 0 spiro atoms. The quantitative estimate of drug-likeness (QED) is 0.419. The lowest BCUT2D eigenvalue weighted by molar-refractivity contribution is -0.112. The van der Waals surface area contributed by atoms with Crippen LogP contribution in [0.4, 0.5) is 11.4 Å². The Morgan fingerprint density at radius 2 is 2.23 bits per heavy atom. The van der Waals surface area contributed by atoms with Crippen LogP contribution in [0.15, 0.2) is 34.7 Å². The second kappa shape index (κ2) is 8.52. The Hall–Kier alpha value is -3.17. The van der Waals surface area contributed by atoms with Gasteiger partial charge in [0.2, 0.25) is 0 Å². The first-order valence-electron chi connectivity index (χ1n) is 10.3. The molecule has 0 aliphatic carbocycles. The summed E-state index contributed by atoms with van der Waals surface area (Å²) in [7, 11) is 0. The maximum absolute atomic E-state index is 13.1. The molecule has 0 radical (unpaired) electrons. The predicted molar refractivity (Wildman–Crippen MR) is 119 cm³/mol. The van der Waals surface area contributed by atoms with Gasteiger partial charge in [-0.2, -0.15) is 0 Å². The summed E-state index contributed by atoms with van der Waals surface area (Å²) in [6.45, 7) is 6.31. The summed E-state index contributed by atoms with van der Waals surface area (Å²) in [6, 6.07) is 1.91. The number of benzene rings is 1. The number of amides is 1. The Labute approximate surface area is 180 Å². The fourth-order valence-electron chi connectivity index (χ4n) is 4.10. The number of carbonyl (C=O) groups is 1. The number of nitrogens with zero attached hydrogens (tertiary/aromatic N) is 2. The van der Waals surface area contributed by atoms with Gasteiger partial charge in [-0.1, -0.05) is 0 Å². The number of hydrogen-bond acceptors (Lipinski definition) is 8. The zero-order valence-corrected chi connectivity index (χ0v) is 17.7. The number of carbonyl (C=O) groups excluding carboxylic acids is 1. The zero-order chi connectivity index (χ0) is 22.0. The zero-order valence-electron chi connectivity index (χ0n) is 17.7. The highest BCUT2D eigenvalue weighted by molar-refractivity contribution is 6.18. The van der Waals surface area contributed by atoms with Gasteiger partial charge in [-0.3, -0.25) is 4.79 Å². The van der Waals surface area contributed by atoms with E-state index in [0.29, 0.717) is 44.2 Å². The van der Waals surface area contributed by atoms with Gasteiger partial charge < -0.3 is 35.5 Å². The maximum Gasteiger partial charge on any atom is 0.261 e. The van der Waals surface area contributed by atoms with Crippen LogP contribution in [0.1, 0.15) is 18.1 Å². The minimum Gasteiger partial charge on any atom is -0.484 e. The van der Waals surface area contributed by atoms with E-state index in [1.165, 1.54) is 0 Å². The second-order valence-electron chi connectivity index (χ2n) is 8.01. The van der Waals surface area contributed by atoms with Crippen molar-refractivity contribution in [3.8, 4) is 5.75 Å². The van der Waals surface area contributed by atoms with Crippen LogP contribution in [0, 0.1) is 12.3 Å². The number of morpholine rings is 1. The number of hydrogen-bond donors (Lipinski definition) is 4. The van der Waals surface area contributed by atoms with Gasteiger partial charge in [0.1, 0.15) is 17.2 Å². The molecule has 164 valence electrons. The number of ether oxygens (including phenoxy) is 2. The van der Waals surface area contributed by atoms with E-state index in [9.17, 15) is 9.90 Å². The van der Waals surface area contributed by atoms with Gasteiger partial charge in [0.25, 0.3) is 5.91 Å². The molecule has 1 atom stereocenters. The van der Waals surface area contributed by atoms with Crippen molar-refractivity contribution in [2.45, 2.75) is 25.9 Å². The highest BCUT2D eigenvalue weighted by Crippen LogP contribution is 2.45. The predicted octanol–water partition coefficient (Wildman–Crippen LogP) is 1.50. The average molecular weight is 425 g/mol. The van der Waals surface area contributed by atoms with Gasteiger partial charge in [-0.05, 0) is 26.0 Å². The molecule has 1 saturated heterocycles. The van der Waals surface area contributed by atoms with Gasteiger partial charge in [-0.25, -0.2) is 4.99 Å². The van der Waals surface area contributed by atoms with Crippen LogP contribution in [0.25, 0.3) is 0 Å². The van der Waals surface area contributed by atoms with Gasteiger partial charge in [0, 0.05) is 49.3 Å². The molecule has 3 heterocycles.